The van der Waals surface area contributed by atoms with Crippen molar-refractivity contribution in [1.82, 2.24) is 0 Å². The van der Waals surface area contributed by atoms with Gasteiger partial charge in [0.1, 0.15) is 5.76 Å². The minimum absolute atomic E-state index is 0.000363. The number of benzene rings is 2. The molecule has 0 aliphatic heterocycles. The van der Waals surface area contributed by atoms with Crippen LogP contribution in [0.5, 0.6) is 0 Å². The van der Waals surface area contributed by atoms with E-state index in [1.165, 1.54) is 6.07 Å². The van der Waals surface area contributed by atoms with Gasteiger partial charge in [-0.05, 0) is 37.6 Å². The maximum Gasteiger partial charge on any atom is 0.261 e. The lowest BCUT2D eigenvalue weighted by Crippen LogP contribution is -2.13. The first-order chi connectivity index (χ1) is 12.3. The molecule has 1 aliphatic rings. The molecule has 1 aliphatic carbocycles. The van der Waals surface area contributed by atoms with Gasteiger partial charge >= 0.3 is 0 Å². The number of carbonyl (C=O) groups is 1. The molecule has 26 heavy (non-hydrogen) atoms. The Morgan fingerprint density at radius 1 is 1.12 bits per heavy atom. The van der Waals surface area contributed by atoms with E-state index >= 15 is 0 Å². The quantitative estimate of drug-likeness (QED) is 0.703. The Balaban J connectivity index is 1.79. The highest BCUT2D eigenvalue weighted by Crippen LogP contribution is 2.38. The summed E-state index contributed by atoms with van der Waals surface area (Å²) in [6.45, 7) is 1.89. The summed E-state index contributed by atoms with van der Waals surface area (Å²) in [5.41, 5.74) is 2.21. The van der Waals surface area contributed by atoms with Crippen LogP contribution in [0.1, 0.15) is 34.5 Å². The average Bonchev–Trinajstić information content (AvgIpc) is 2.95. The van der Waals surface area contributed by atoms with Crippen LogP contribution in [-0.4, -0.2) is 14.2 Å². The molecule has 0 radical (unpaired) electrons. The van der Waals surface area contributed by atoms with Gasteiger partial charge in [-0.25, -0.2) is 8.42 Å². The second-order valence-electron chi connectivity index (χ2n) is 6.43. The normalized spacial score (nSPS) is 14.5. The number of fused-ring (bicyclic) bond motifs is 3. The van der Waals surface area contributed by atoms with Gasteiger partial charge in [0.25, 0.3) is 10.0 Å². The Kier molecular flexibility index (Phi) is 4.04. The number of Topliss-reactive ketones (excluding diaryl/α,β-unsaturated/α-hetero) is 1. The van der Waals surface area contributed by atoms with Crippen molar-refractivity contribution in [3.8, 4) is 0 Å². The third kappa shape index (κ3) is 2.89. The molecule has 4 rings (SSSR count). The molecule has 0 bridgehead atoms. The van der Waals surface area contributed by atoms with Crippen LogP contribution in [-0.2, 0) is 16.4 Å². The van der Waals surface area contributed by atoms with E-state index in [9.17, 15) is 13.2 Å². The van der Waals surface area contributed by atoms with Crippen LogP contribution in [0.25, 0.3) is 11.0 Å². The van der Waals surface area contributed by atoms with Crippen molar-refractivity contribution in [3.63, 3.8) is 0 Å². The molecule has 1 N–H and O–H groups in total. The third-order valence-corrected chi connectivity index (χ3v) is 6.17. The minimum atomic E-state index is -3.76. The molecular weight excluding hydrogens is 374 g/mol. The van der Waals surface area contributed by atoms with Crippen LogP contribution < -0.4 is 4.72 Å². The van der Waals surface area contributed by atoms with E-state index in [1.54, 1.807) is 30.3 Å². The largest absolute Gasteiger partial charge is 0.459 e. The highest BCUT2D eigenvalue weighted by molar-refractivity contribution is 7.92. The van der Waals surface area contributed by atoms with Crippen LogP contribution in [0.15, 0.2) is 45.7 Å². The second kappa shape index (κ2) is 6.14. The van der Waals surface area contributed by atoms with Crippen LogP contribution in [0.4, 0.5) is 5.69 Å². The number of sulfonamides is 1. The zero-order valence-corrected chi connectivity index (χ0v) is 15.6. The fraction of sp³-hybridized carbons (Fsp3) is 0.211. The molecule has 0 fully saturated rings. The second-order valence-corrected chi connectivity index (χ2v) is 8.52. The molecule has 3 aromatic rings. The Morgan fingerprint density at radius 2 is 1.85 bits per heavy atom. The lowest BCUT2D eigenvalue weighted by atomic mass is 9.94. The van der Waals surface area contributed by atoms with Crippen molar-refractivity contribution >= 4 is 44.1 Å². The summed E-state index contributed by atoms with van der Waals surface area (Å²) < 4.78 is 33.5. The first-order valence-corrected chi connectivity index (χ1v) is 10.1. The van der Waals surface area contributed by atoms with Gasteiger partial charge in [0.15, 0.2) is 11.4 Å². The van der Waals surface area contributed by atoms with Gasteiger partial charge in [-0.3, -0.25) is 9.52 Å². The SMILES string of the molecule is Cc1ccc(S(=O)(=O)Nc2cc(Cl)c3oc4c(c3c2)C(=O)CCC4)cc1. The third-order valence-electron chi connectivity index (χ3n) is 4.49. The van der Waals surface area contributed by atoms with Crippen molar-refractivity contribution in [1.29, 1.82) is 0 Å². The predicted molar refractivity (Wildman–Crippen MR) is 100 cm³/mol. The van der Waals surface area contributed by atoms with Gasteiger partial charge in [0.2, 0.25) is 0 Å². The molecule has 5 nitrogen and oxygen atoms in total. The first kappa shape index (κ1) is 17.1. The van der Waals surface area contributed by atoms with E-state index in [1.807, 2.05) is 6.92 Å². The van der Waals surface area contributed by atoms with Crippen LogP contribution in [0, 0.1) is 6.92 Å². The Bertz CT molecular complexity index is 1130. The van der Waals surface area contributed by atoms with Gasteiger partial charge in [0.05, 0.1) is 21.2 Å². The van der Waals surface area contributed by atoms with E-state index < -0.39 is 10.0 Å². The molecule has 7 heteroatoms. The summed E-state index contributed by atoms with van der Waals surface area (Å²) in [6, 6.07) is 9.65. The van der Waals surface area contributed by atoms with Gasteiger partial charge in [-0.1, -0.05) is 29.3 Å². The number of aryl methyl sites for hydroxylation is 2. The zero-order chi connectivity index (χ0) is 18.5. The van der Waals surface area contributed by atoms with E-state index in [0.29, 0.717) is 40.8 Å². The fourth-order valence-corrected chi connectivity index (χ4v) is 4.51. The number of anilines is 1. The van der Waals surface area contributed by atoms with E-state index in [0.717, 1.165) is 12.0 Å². The van der Waals surface area contributed by atoms with Crippen molar-refractivity contribution in [3.05, 3.63) is 58.3 Å². The van der Waals surface area contributed by atoms with Gasteiger partial charge in [-0.2, -0.15) is 0 Å². The number of nitrogens with one attached hydrogen (secondary N) is 1. The maximum atomic E-state index is 12.6. The number of rotatable bonds is 3. The predicted octanol–water partition coefficient (Wildman–Crippen LogP) is 4.71. The van der Waals surface area contributed by atoms with Crippen LogP contribution >= 0.6 is 11.6 Å². The van der Waals surface area contributed by atoms with Crippen molar-refractivity contribution in [2.45, 2.75) is 31.1 Å². The van der Waals surface area contributed by atoms with Crippen molar-refractivity contribution in [2.75, 3.05) is 4.72 Å². The van der Waals surface area contributed by atoms with E-state index in [4.69, 9.17) is 16.0 Å². The summed E-state index contributed by atoms with van der Waals surface area (Å²) in [4.78, 5) is 12.4. The highest BCUT2D eigenvalue weighted by atomic mass is 35.5. The zero-order valence-electron chi connectivity index (χ0n) is 14.0. The lowest BCUT2D eigenvalue weighted by molar-refractivity contribution is 0.0971. The standard InChI is InChI=1S/C19H16ClNO4S/c1-11-5-7-13(8-6-11)26(23,24)21-12-9-14-18-16(22)3-2-4-17(18)25-19(14)15(20)10-12/h5-10,21H,2-4H2,1H3. The molecular formula is C19H16ClNO4S. The molecule has 134 valence electrons. The van der Waals surface area contributed by atoms with Gasteiger partial charge < -0.3 is 4.42 Å². The van der Waals surface area contributed by atoms with E-state index in [2.05, 4.69) is 4.72 Å². The van der Waals surface area contributed by atoms with Gasteiger partial charge in [0, 0.05) is 18.2 Å². The van der Waals surface area contributed by atoms with Crippen molar-refractivity contribution < 1.29 is 17.6 Å². The Hall–Kier alpha value is -2.31. The highest BCUT2D eigenvalue weighted by Gasteiger charge is 2.26. The number of hydrogen-bond donors (Lipinski definition) is 1. The maximum absolute atomic E-state index is 12.6. The van der Waals surface area contributed by atoms with Crippen LogP contribution in [0.3, 0.4) is 0 Å². The number of halogens is 1. The molecule has 0 atom stereocenters. The smallest absolute Gasteiger partial charge is 0.261 e. The fourth-order valence-electron chi connectivity index (χ4n) is 3.21. The monoisotopic (exact) mass is 389 g/mol. The lowest BCUT2D eigenvalue weighted by Gasteiger charge is -2.10. The first-order valence-electron chi connectivity index (χ1n) is 8.23. The molecule has 0 unspecified atom stereocenters. The van der Waals surface area contributed by atoms with Gasteiger partial charge in [-0.15, -0.1) is 0 Å². The summed E-state index contributed by atoms with van der Waals surface area (Å²) in [5, 5.41) is 0.824. The molecule has 0 saturated carbocycles. The molecule has 0 spiro atoms. The number of ketones is 1. The average molecular weight is 390 g/mol. The molecule has 1 aromatic heterocycles. The Morgan fingerprint density at radius 3 is 2.58 bits per heavy atom. The summed E-state index contributed by atoms with van der Waals surface area (Å²) in [5.74, 6) is 0.622. The van der Waals surface area contributed by atoms with E-state index in [-0.39, 0.29) is 15.7 Å². The molecule has 1 heterocycles. The summed E-state index contributed by atoms with van der Waals surface area (Å²) >= 11 is 6.29. The number of carbonyl (C=O) groups excluding carboxylic acids is 1. The summed E-state index contributed by atoms with van der Waals surface area (Å²) in [7, 11) is -3.76. The topological polar surface area (TPSA) is 76.4 Å². The molecule has 0 saturated heterocycles. The minimum Gasteiger partial charge on any atom is -0.459 e. The number of furan rings is 1. The molecule has 0 amide bonds. The summed E-state index contributed by atoms with van der Waals surface area (Å²) in [6.07, 6.45) is 1.88. The van der Waals surface area contributed by atoms with Crippen molar-refractivity contribution in [2.24, 2.45) is 0 Å². The molecule has 2 aromatic carbocycles. The number of hydrogen-bond acceptors (Lipinski definition) is 4. The Labute approximate surface area is 156 Å². The van der Waals surface area contributed by atoms with Crippen LogP contribution in [0.2, 0.25) is 5.02 Å².